The number of benzene rings is 1. The Labute approximate surface area is 131 Å². The Hall–Kier alpha value is -1.31. The number of nitrogens with zero attached hydrogens (tertiary/aromatic N) is 1. The summed E-state index contributed by atoms with van der Waals surface area (Å²) < 4.78 is 0. The van der Waals surface area contributed by atoms with Crippen LogP contribution in [-0.4, -0.2) is 39.6 Å². The number of nitrogens with one attached hydrogen (secondary N) is 3. The van der Waals surface area contributed by atoms with E-state index < -0.39 is 0 Å². The van der Waals surface area contributed by atoms with E-state index in [1.165, 1.54) is 0 Å². The van der Waals surface area contributed by atoms with Crippen molar-refractivity contribution in [3.8, 4) is 0 Å². The van der Waals surface area contributed by atoms with Gasteiger partial charge in [-0.3, -0.25) is 9.79 Å². The number of amides is 1. The standard InChI is InChI=1S/C13H20N4O.HI/c1-14-12(18)11-6-4-5-10(9-11)7-8-17-13(15-2)16-3;/h4-6,9H,7-8H2,1-3H3,(H,14,18)(H2,15,16,17);1H. The monoisotopic (exact) mass is 376 g/mol. The van der Waals surface area contributed by atoms with Gasteiger partial charge in [-0.15, -0.1) is 24.0 Å². The molecule has 0 unspecified atom stereocenters. The molecule has 0 aliphatic rings. The minimum atomic E-state index is -0.0594. The summed E-state index contributed by atoms with van der Waals surface area (Å²) in [5.74, 6) is 0.702. The van der Waals surface area contributed by atoms with E-state index in [1.54, 1.807) is 14.1 Å². The quantitative estimate of drug-likeness (QED) is 0.418. The fraction of sp³-hybridized carbons (Fsp3) is 0.385. The van der Waals surface area contributed by atoms with Gasteiger partial charge in [0.1, 0.15) is 0 Å². The molecule has 1 aromatic rings. The molecule has 3 N–H and O–H groups in total. The topological polar surface area (TPSA) is 65.5 Å². The van der Waals surface area contributed by atoms with E-state index in [0.717, 1.165) is 24.5 Å². The zero-order valence-corrected chi connectivity index (χ0v) is 13.8. The Balaban J connectivity index is 0.00000324. The molecule has 0 aliphatic heterocycles. The maximum absolute atomic E-state index is 11.5. The highest BCUT2D eigenvalue weighted by molar-refractivity contribution is 14.0. The number of hydrogen-bond acceptors (Lipinski definition) is 2. The van der Waals surface area contributed by atoms with Gasteiger partial charge in [0.2, 0.25) is 0 Å². The van der Waals surface area contributed by atoms with Gasteiger partial charge in [-0.2, -0.15) is 0 Å². The van der Waals surface area contributed by atoms with Gasteiger partial charge in [0, 0.05) is 33.3 Å². The van der Waals surface area contributed by atoms with Gasteiger partial charge in [-0.25, -0.2) is 0 Å². The molecule has 0 bridgehead atoms. The van der Waals surface area contributed by atoms with Gasteiger partial charge >= 0.3 is 0 Å². The Bertz CT molecular complexity index is 434. The lowest BCUT2D eigenvalue weighted by Gasteiger charge is -2.09. The zero-order valence-electron chi connectivity index (χ0n) is 11.5. The molecule has 0 fully saturated rings. The average Bonchev–Trinajstić information content (AvgIpc) is 2.43. The van der Waals surface area contributed by atoms with E-state index in [9.17, 15) is 4.79 Å². The molecular formula is C13H21IN4O. The molecule has 0 spiro atoms. The first-order valence-corrected chi connectivity index (χ1v) is 5.90. The van der Waals surface area contributed by atoms with Gasteiger partial charge in [0.15, 0.2) is 5.96 Å². The molecule has 5 nitrogen and oxygen atoms in total. The predicted octanol–water partition coefficient (Wildman–Crippen LogP) is 1.00. The summed E-state index contributed by atoms with van der Waals surface area (Å²) in [5, 5.41) is 8.74. The number of hydrogen-bond donors (Lipinski definition) is 3. The molecule has 19 heavy (non-hydrogen) atoms. The molecule has 0 heterocycles. The summed E-state index contributed by atoms with van der Waals surface area (Å²) in [6, 6.07) is 7.62. The third-order valence-electron chi connectivity index (χ3n) is 2.58. The highest BCUT2D eigenvalue weighted by Gasteiger charge is 2.03. The second-order valence-corrected chi connectivity index (χ2v) is 3.78. The smallest absolute Gasteiger partial charge is 0.251 e. The fourth-order valence-electron chi connectivity index (χ4n) is 1.62. The summed E-state index contributed by atoms with van der Waals surface area (Å²) in [6.07, 6.45) is 0.839. The van der Waals surface area contributed by atoms with Crippen LogP contribution in [0.25, 0.3) is 0 Å². The number of halogens is 1. The van der Waals surface area contributed by atoms with Gasteiger partial charge in [0.05, 0.1) is 0 Å². The molecule has 106 valence electrons. The van der Waals surface area contributed by atoms with Crippen LogP contribution in [0.5, 0.6) is 0 Å². The van der Waals surface area contributed by atoms with Crippen molar-refractivity contribution in [1.29, 1.82) is 0 Å². The van der Waals surface area contributed by atoms with Crippen LogP contribution in [0.3, 0.4) is 0 Å². The predicted molar refractivity (Wildman–Crippen MR) is 89.4 cm³/mol. The van der Waals surface area contributed by atoms with Crippen LogP contribution in [0.2, 0.25) is 0 Å². The fourth-order valence-corrected chi connectivity index (χ4v) is 1.62. The van der Waals surface area contributed by atoms with E-state index >= 15 is 0 Å². The second kappa shape index (κ2) is 9.60. The van der Waals surface area contributed by atoms with Crippen LogP contribution in [0.15, 0.2) is 29.3 Å². The van der Waals surface area contributed by atoms with Gasteiger partial charge in [-0.05, 0) is 24.1 Å². The second-order valence-electron chi connectivity index (χ2n) is 3.78. The van der Waals surface area contributed by atoms with Crippen LogP contribution >= 0.6 is 24.0 Å². The SMILES string of the molecule is CN=C(NC)NCCc1cccc(C(=O)NC)c1.I. The first-order valence-electron chi connectivity index (χ1n) is 5.90. The van der Waals surface area contributed by atoms with E-state index in [1.807, 2.05) is 31.3 Å². The van der Waals surface area contributed by atoms with Crippen molar-refractivity contribution in [2.24, 2.45) is 4.99 Å². The molecule has 0 atom stereocenters. The molecule has 0 radical (unpaired) electrons. The average molecular weight is 376 g/mol. The van der Waals surface area contributed by atoms with Crippen molar-refractivity contribution in [3.05, 3.63) is 35.4 Å². The van der Waals surface area contributed by atoms with Crippen LogP contribution in [0.1, 0.15) is 15.9 Å². The third-order valence-corrected chi connectivity index (χ3v) is 2.58. The van der Waals surface area contributed by atoms with E-state index in [-0.39, 0.29) is 29.9 Å². The summed E-state index contributed by atoms with van der Waals surface area (Å²) >= 11 is 0. The summed E-state index contributed by atoms with van der Waals surface area (Å²) in [6.45, 7) is 0.769. The van der Waals surface area contributed by atoms with Crippen LogP contribution in [-0.2, 0) is 6.42 Å². The number of carbonyl (C=O) groups excluding carboxylic acids is 1. The first-order chi connectivity index (χ1) is 8.71. The summed E-state index contributed by atoms with van der Waals surface area (Å²) in [4.78, 5) is 15.5. The lowest BCUT2D eigenvalue weighted by molar-refractivity contribution is 0.0963. The Morgan fingerprint density at radius 1 is 1.26 bits per heavy atom. The van der Waals surface area contributed by atoms with Crippen molar-refractivity contribution in [1.82, 2.24) is 16.0 Å². The van der Waals surface area contributed by atoms with Crippen LogP contribution < -0.4 is 16.0 Å². The number of aliphatic imine (C=N–C) groups is 1. The van der Waals surface area contributed by atoms with Gasteiger partial charge < -0.3 is 16.0 Å². The maximum atomic E-state index is 11.5. The number of guanidine groups is 1. The van der Waals surface area contributed by atoms with Crippen molar-refractivity contribution < 1.29 is 4.79 Å². The molecule has 1 amide bonds. The highest BCUT2D eigenvalue weighted by atomic mass is 127. The molecule has 0 saturated carbocycles. The Kier molecular flexibility index (Phi) is 8.94. The Morgan fingerprint density at radius 2 is 2.00 bits per heavy atom. The molecule has 0 aromatic heterocycles. The molecule has 6 heteroatoms. The molecular weight excluding hydrogens is 355 g/mol. The Morgan fingerprint density at radius 3 is 2.58 bits per heavy atom. The normalized spacial score (nSPS) is 10.4. The van der Waals surface area contributed by atoms with Crippen molar-refractivity contribution >= 4 is 35.8 Å². The lowest BCUT2D eigenvalue weighted by atomic mass is 10.1. The minimum Gasteiger partial charge on any atom is -0.359 e. The molecule has 1 aromatic carbocycles. The molecule has 0 saturated heterocycles. The van der Waals surface area contributed by atoms with Crippen molar-refractivity contribution in [3.63, 3.8) is 0 Å². The molecule has 0 aliphatic carbocycles. The molecule has 1 rings (SSSR count). The number of carbonyl (C=O) groups is 1. The minimum absolute atomic E-state index is 0. The van der Waals surface area contributed by atoms with Gasteiger partial charge in [-0.1, -0.05) is 12.1 Å². The first kappa shape index (κ1) is 17.7. The summed E-state index contributed by atoms with van der Waals surface area (Å²) in [7, 11) is 5.18. The van der Waals surface area contributed by atoms with Crippen molar-refractivity contribution in [2.45, 2.75) is 6.42 Å². The third kappa shape index (κ3) is 5.91. The van der Waals surface area contributed by atoms with E-state index in [4.69, 9.17) is 0 Å². The van der Waals surface area contributed by atoms with E-state index in [0.29, 0.717) is 5.56 Å². The van der Waals surface area contributed by atoms with Gasteiger partial charge in [0.25, 0.3) is 5.91 Å². The van der Waals surface area contributed by atoms with Crippen molar-refractivity contribution in [2.75, 3.05) is 27.7 Å². The lowest BCUT2D eigenvalue weighted by Crippen LogP contribution is -2.35. The number of rotatable bonds is 4. The highest BCUT2D eigenvalue weighted by Crippen LogP contribution is 2.05. The maximum Gasteiger partial charge on any atom is 0.251 e. The van der Waals surface area contributed by atoms with Crippen LogP contribution in [0, 0.1) is 0 Å². The zero-order chi connectivity index (χ0) is 13.4. The van der Waals surface area contributed by atoms with E-state index in [2.05, 4.69) is 20.9 Å². The van der Waals surface area contributed by atoms with Crippen LogP contribution in [0.4, 0.5) is 0 Å². The summed E-state index contributed by atoms with van der Waals surface area (Å²) in [5.41, 5.74) is 1.81. The largest absolute Gasteiger partial charge is 0.359 e.